The number of carbonyl (C=O) groups excluding carboxylic acids is 1. The number of thiophene rings is 1. The van der Waals surface area contributed by atoms with Gasteiger partial charge in [0.2, 0.25) is 5.91 Å². The summed E-state index contributed by atoms with van der Waals surface area (Å²) in [5.74, 6) is 1.16. The van der Waals surface area contributed by atoms with E-state index in [1.54, 1.807) is 16.2 Å². The molecule has 0 spiro atoms. The van der Waals surface area contributed by atoms with E-state index >= 15 is 0 Å². The average molecular weight is 465 g/mol. The maximum Gasteiger partial charge on any atom is 0.223 e. The van der Waals surface area contributed by atoms with Gasteiger partial charge in [-0.3, -0.25) is 14.7 Å². The van der Waals surface area contributed by atoms with E-state index in [1.165, 1.54) is 4.88 Å². The van der Waals surface area contributed by atoms with E-state index in [0.717, 1.165) is 45.2 Å². The second-order valence-electron chi connectivity index (χ2n) is 5.85. The Bertz CT molecular complexity index is 513. The highest BCUT2D eigenvalue weighted by atomic mass is 127. The second kappa shape index (κ2) is 10.9. The Labute approximate surface area is 165 Å². The first-order valence-corrected chi connectivity index (χ1v) is 8.88. The van der Waals surface area contributed by atoms with Crippen molar-refractivity contribution < 1.29 is 4.79 Å². The highest BCUT2D eigenvalue weighted by molar-refractivity contribution is 14.0. The van der Waals surface area contributed by atoms with Crippen LogP contribution in [-0.4, -0.2) is 80.4 Å². The summed E-state index contributed by atoms with van der Waals surface area (Å²) >= 11 is 1.75. The molecule has 2 heterocycles. The molecule has 136 valence electrons. The van der Waals surface area contributed by atoms with E-state index in [9.17, 15) is 4.79 Å². The molecule has 6 nitrogen and oxygen atoms in total. The van der Waals surface area contributed by atoms with E-state index in [-0.39, 0.29) is 29.9 Å². The van der Waals surface area contributed by atoms with Gasteiger partial charge in [-0.1, -0.05) is 6.07 Å². The third-order valence-electron chi connectivity index (χ3n) is 4.03. The fourth-order valence-corrected chi connectivity index (χ4v) is 3.22. The third-order valence-corrected chi connectivity index (χ3v) is 4.90. The van der Waals surface area contributed by atoms with Crippen LogP contribution in [0.4, 0.5) is 0 Å². The molecule has 2 rings (SSSR count). The number of guanidine groups is 1. The lowest BCUT2D eigenvalue weighted by Gasteiger charge is -2.36. The molecule has 1 aliphatic rings. The molecule has 0 aliphatic carbocycles. The summed E-state index contributed by atoms with van der Waals surface area (Å²) in [6.45, 7) is 5.50. The zero-order valence-electron chi connectivity index (χ0n) is 14.7. The van der Waals surface area contributed by atoms with Crippen LogP contribution >= 0.6 is 35.3 Å². The Morgan fingerprint density at radius 2 is 2.04 bits per heavy atom. The number of carbonyl (C=O) groups is 1. The minimum absolute atomic E-state index is 0. The van der Waals surface area contributed by atoms with Gasteiger partial charge in [-0.15, -0.1) is 35.3 Å². The Kier molecular flexibility index (Phi) is 9.60. The van der Waals surface area contributed by atoms with Gasteiger partial charge in [-0.2, -0.15) is 0 Å². The maximum atomic E-state index is 11.7. The summed E-state index contributed by atoms with van der Waals surface area (Å²) in [5, 5.41) is 5.52. The number of amides is 1. The zero-order chi connectivity index (χ0) is 16.7. The summed E-state index contributed by atoms with van der Waals surface area (Å²) in [6.07, 6.45) is 0.596. The van der Waals surface area contributed by atoms with E-state index in [4.69, 9.17) is 0 Å². The quantitative estimate of drug-likeness (QED) is 0.407. The molecule has 0 aromatic carbocycles. The number of nitrogens with zero attached hydrogens (tertiary/aromatic N) is 4. The molecule has 1 fully saturated rings. The molecule has 8 heteroatoms. The lowest BCUT2D eigenvalue weighted by molar-refractivity contribution is -0.129. The zero-order valence-corrected chi connectivity index (χ0v) is 17.8. The van der Waals surface area contributed by atoms with Crippen molar-refractivity contribution in [2.75, 3.05) is 53.9 Å². The van der Waals surface area contributed by atoms with E-state index in [1.807, 2.05) is 21.1 Å². The smallest absolute Gasteiger partial charge is 0.223 e. The first-order valence-electron chi connectivity index (χ1n) is 8.00. The minimum atomic E-state index is 0. The van der Waals surface area contributed by atoms with Crippen molar-refractivity contribution in [2.24, 2.45) is 4.99 Å². The van der Waals surface area contributed by atoms with Gasteiger partial charge in [-0.05, 0) is 11.4 Å². The van der Waals surface area contributed by atoms with Gasteiger partial charge in [0.05, 0.1) is 6.54 Å². The second-order valence-corrected chi connectivity index (χ2v) is 6.88. The number of piperazine rings is 1. The first-order chi connectivity index (χ1) is 11.1. The Hall–Kier alpha value is -0.870. The van der Waals surface area contributed by atoms with Crippen LogP contribution in [0, 0.1) is 0 Å². The summed E-state index contributed by atoms with van der Waals surface area (Å²) in [7, 11) is 5.45. The van der Waals surface area contributed by atoms with Gasteiger partial charge < -0.3 is 15.1 Å². The molecule has 0 atom stereocenters. The first kappa shape index (κ1) is 21.2. The van der Waals surface area contributed by atoms with Crippen LogP contribution in [0.2, 0.25) is 0 Å². The van der Waals surface area contributed by atoms with Gasteiger partial charge in [-0.25, -0.2) is 0 Å². The highest BCUT2D eigenvalue weighted by Crippen LogP contribution is 2.08. The molecule has 1 saturated heterocycles. The van der Waals surface area contributed by atoms with Crippen molar-refractivity contribution in [3.8, 4) is 0 Å². The van der Waals surface area contributed by atoms with Crippen molar-refractivity contribution in [3.63, 3.8) is 0 Å². The predicted molar refractivity (Wildman–Crippen MR) is 111 cm³/mol. The van der Waals surface area contributed by atoms with Gasteiger partial charge in [0.25, 0.3) is 0 Å². The van der Waals surface area contributed by atoms with Crippen LogP contribution in [0.3, 0.4) is 0 Å². The largest absolute Gasteiger partial charge is 0.351 e. The number of hydrogen-bond acceptors (Lipinski definition) is 4. The van der Waals surface area contributed by atoms with Crippen LogP contribution in [0.5, 0.6) is 0 Å². The van der Waals surface area contributed by atoms with Crippen molar-refractivity contribution in [1.82, 2.24) is 20.0 Å². The van der Waals surface area contributed by atoms with Gasteiger partial charge in [0.15, 0.2) is 5.96 Å². The van der Waals surface area contributed by atoms with Crippen molar-refractivity contribution in [2.45, 2.75) is 13.0 Å². The summed E-state index contributed by atoms with van der Waals surface area (Å²) in [6, 6.07) is 4.20. The van der Waals surface area contributed by atoms with Crippen LogP contribution in [0.25, 0.3) is 0 Å². The summed E-state index contributed by atoms with van der Waals surface area (Å²) < 4.78 is 0. The molecule has 1 aromatic rings. The normalized spacial score (nSPS) is 15.8. The molecule has 0 radical (unpaired) electrons. The molecule has 1 aliphatic heterocycles. The minimum Gasteiger partial charge on any atom is -0.351 e. The van der Waals surface area contributed by atoms with E-state index < -0.39 is 0 Å². The topological polar surface area (TPSA) is 51.2 Å². The molecule has 1 amide bonds. The van der Waals surface area contributed by atoms with Gasteiger partial charge >= 0.3 is 0 Å². The maximum absolute atomic E-state index is 11.7. The number of halogens is 1. The SMILES string of the molecule is CN=C(NCc1cccs1)N1CCN(CCC(=O)N(C)C)CC1.I. The Balaban J connectivity index is 0.00000288. The molecule has 0 unspecified atom stereocenters. The van der Waals surface area contributed by atoms with Crippen molar-refractivity contribution in [1.29, 1.82) is 0 Å². The van der Waals surface area contributed by atoms with Gasteiger partial charge in [0.1, 0.15) is 0 Å². The Morgan fingerprint density at radius 3 is 2.58 bits per heavy atom. The monoisotopic (exact) mass is 465 g/mol. The van der Waals surface area contributed by atoms with Gasteiger partial charge in [0, 0.05) is 65.2 Å². The van der Waals surface area contributed by atoms with Crippen LogP contribution in [-0.2, 0) is 11.3 Å². The fourth-order valence-electron chi connectivity index (χ4n) is 2.57. The Morgan fingerprint density at radius 1 is 1.33 bits per heavy atom. The summed E-state index contributed by atoms with van der Waals surface area (Å²) in [5.41, 5.74) is 0. The van der Waals surface area contributed by atoms with Crippen LogP contribution < -0.4 is 5.32 Å². The van der Waals surface area contributed by atoms with Crippen molar-refractivity contribution in [3.05, 3.63) is 22.4 Å². The number of hydrogen-bond donors (Lipinski definition) is 1. The molecule has 24 heavy (non-hydrogen) atoms. The molecule has 0 bridgehead atoms. The third kappa shape index (κ3) is 6.56. The molecular formula is C16H28IN5OS. The fraction of sp³-hybridized carbons (Fsp3) is 0.625. The van der Waals surface area contributed by atoms with Crippen LogP contribution in [0.1, 0.15) is 11.3 Å². The average Bonchev–Trinajstić information content (AvgIpc) is 3.07. The highest BCUT2D eigenvalue weighted by Gasteiger charge is 2.20. The molecule has 1 aromatic heterocycles. The van der Waals surface area contributed by atoms with Crippen LogP contribution in [0.15, 0.2) is 22.5 Å². The lowest BCUT2D eigenvalue weighted by Crippen LogP contribution is -2.52. The van der Waals surface area contributed by atoms with Crippen molar-refractivity contribution >= 4 is 47.2 Å². The summed E-state index contributed by atoms with van der Waals surface area (Å²) in [4.78, 5) is 23.7. The number of aliphatic imine (C=N–C) groups is 1. The number of rotatable bonds is 5. The molecular weight excluding hydrogens is 437 g/mol. The van der Waals surface area contributed by atoms with E-state index in [0.29, 0.717) is 6.42 Å². The molecule has 0 saturated carbocycles. The standard InChI is InChI=1S/C16H27N5OS.HI/c1-17-16(18-13-14-5-4-12-23-14)21-10-8-20(9-11-21)7-6-15(22)19(2)3;/h4-5,12H,6-11,13H2,1-3H3,(H,17,18);1H. The number of nitrogens with one attached hydrogen (secondary N) is 1. The predicted octanol–water partition coefficient (Wildman–Crippen LogP) is 1.54. The lowest BCUT2D eigenvalue weighted by atomic mass is 10.3. The molecule has 1 N–H and O–H groups in total. The van der Waals surface area contributed by atoms with E-state index in [2.05, 4.69) is 37.6 Å².